The van der Waals surface area contributed by atoms with E-state index in [1.54, 1.807) is 12.1 Å². The molecule has 28 heavy (non-hydrogen) atoms. The molecule has 3 aromatic carbocycles. The van der Waals surface area contributed by atoms with Gasteiger partial charge in [-0.1, -0.05) is 42.5 Å². The van der Waals surface area contributed by atoms with Gasteiger partial charge in [-0.15, -0.1) is 0 Å². The van der Waals surface area contributed by atoms with Crippen LogP contribution in [0.5, 0.6) is 11.5 Å². The van der Waals surface area contributed by atoms with E-state index in [1.165, 1.54) is 6.21 Å². The molecule has 0 aliphatic rings. The smallest absolute Gasteiger partial charge is 0.277 e. The molecular weight excluding hydrogens is 488 g/mol. The van der Waals surface area contributed by atoms with Gasteiger partial charge in [0.05, 0.1) is 15.2 Å². The standard InChI is InChI=1S/C21H16Br2N2O3/c22-18-10-14(11-19(23)21(18)27)12-24-25-20(26)13-28-17-8-6-16(7-9-17)15-4-2-1-3-5-15/h1-12,27H,13H2,(H,25,26)/b24-12-. The molecule has 3 aromatic rings. The lowest BCUT2D eigenvalue weighted by atomic mass is 10.1. The predicted molar refractivity (Wildman–Crippen MR) is 117 cm³/mol. The summed E-state index contributed by atoms with van der Waals surface area (Å²) in [6, 6.07) is 20.9. The molecule has 0 aliphatic carbocycles. The highest BCUT2D eigenvalue weighted by molar-refractivity contribution is 9.11. The summed E-state index contributed by atoms with van der Waals surface area (Å²) in [5.41, 5.74) is 5.30. The maximum atomic E-state index is 11.9. The summed E-state index contributed by atoms with van der Waals surface area (Å²) in [5.74, 6) is 0.332. The molecule has 0 saturated heterocycles. The van der Waals surface area contributed by atoms with Crippen LogP contribution in [0.25, 0.3) is 11.1 Å². The van der Waals surface area contributed by atoms with Gasteiger partial charge >= 0.3 is 0 Å². The average Bonchev–Trinajstić information content (AvgIpc) is 2.71. The highest BCUT2D eigenvalue weighted by atomic mass is 79.9. The molecule has 0 unspecified atom stereocenters. The number of hydrogen-bond donors (Lipinski definition) is 2. The molecule has 0 saturated carbocycles. The van der Waals surface area contributed by atoms with Crippen molar-refractivity contribution in [1.82, 2.24) is 5.43 Å². The van der Waals surface area contributed by atoms with Crippen molar-refractivity contribution in [2.24, 2.45) is 5.10 Å². The number of carbonyl (C=O) groups excluding carboxylic acids is 1. The Morgan fingerprint density at radius 3 is 2.25 bits per heavy atom. The molecule has 0 heterocycles. The summed E-state index contributed by atoms with van der Waals surface area (Å²) >= 11 is 6.48. The number of phenolic OH excluding ortho intramolecular Hbond substituents is 1. The van der Waals surface area contributed by atoms with Crippen LogP contribution >= 0.6 is 31.9 Å². The van der Waals surface area contributed by atoms with Gasteiger partial charge in [-0.05, 0) is 72.8 Å². The number of hydrogen-bond acceptors (Lipinski definition) is 4. The Morgan fingerprint density at radius 1 is 1.00 bits per heavy atom. The van der Waals surface area contributed by atoms with Crippen molar-refractivity contribution >= 4 is 44.0 Å². The number of nitrogens with zero attached hydrogens (tertiary/aromatic N) is 1. The Bertz CT molecular complexity index is 967. The van der Waals surface area contributed by atoms with Gasteiger partial charge in [0.25, 0.3) is 5.91 Å². The van der Waals surface area contributed by atoms with Crippen molar-refractivity contribution < 1.29 is 14.6 Å². The second-order valence-corrected chi connectivity index (χ2v) is 7.51. The molecule has 5 nitrogen and oxygen atoms in total. The topological polar surface area (TPSA) is 70.9 Å². The van der Waals surface area contributed by atoms with Crippen molar-refractivity contribution in [3.63, 3.8) is 0 Å². The fourth-order valence-corrected chi connectivity index (χ4v) is 3.62. The summed E-state index contributed by atoms with van der Waals surface area (Å²) in [4.78, 5) is 11.9. The molecule has 1 amide bonds. The van der Waals surface area contributed by atoms with Crippen LogP contribution in [-0.4, -0.2) is 23.8 Å². The normalized spacial score (nSPS) is 10.8. The molecule has 0 aliphatic heterocycles. The number of rotatable bonds is 6. The minimum Gasteiger partial charge on any atom is -0.506 e. The van der Waals surface area contributed by atoms with Crippen LogP contribution in [0.1, 0.15) is 5.56 Å². The van der Waals surface area contributed by atoms with Crippen LogP contribution in [0, 0.1) is 0 Å². The Balaban J connectivity index is 1.50. The van der Waals surface area contributed by atoms with Crippen LogP contribution in [0.4, 0.5) is 0 Å². The Kier molecular flexibility index (Phi) is 6.84. The summed E-state index contributed by atoms with van der Waals surface area (Å²) < 4.78 is 6.53. The number of carbonyl (C=O) groups is 1. The largest absolute Gasteiger partial charge is 0.506 e. The first-order valence-electron chi connectivity index (χ1n) is 8.31. The molecule has 142 valence electrons. The lowest BCUT2D eigenvalue weighted by Crippen LogP contribution is -2.24. The highest BCUT2D eigenvalue weighted by Crippen LogP contribution is 2.32. The number of benzene rings is 3. The third kappa shape index (κ3) is 5.43. The van der Waals surface area contributed by atoms with Gasteiger partial charge in [-0.2, -0.15) is 5.10 Å². The predicted octanol–water partition coefficient (Wildman–Crippen LogP) is 5.11. The number of halogens is 2. The number of nitrogens with one attached hydrogen (secondary N) is 1. The quantitative estimate of drug-likeness (QED) is 0.362. The number of phenols is 1. The number of ether oxygens (including phenoxy) is 1. The number of aromatic hydroxyl groups is 1. The molecule has 7 heteroatoms. The molecule has 0 fully saturated rings. The number of hydrazone groups is 1. The van der Waals surface area contributed by atoms with Gasteiger partial charge in [0.2, 0.25) is 0 Å². The van der Waals surface area contributed by atoms with Gasteiger partial charge in [0.15, 0.2) is 6.61 Å². The Labute approximate surface area is 179 Å². The van der Waals surface area contributed by atoms with Crippen molar-refractivity contribution in [3.8, 4) is 22.6 Å². The summed E-state index contributed by atoms with van der Waals surface area (Å²) in [6.07, 6.45) is 1.47. The lowest BCUT2D eigenvalue weighted by molar-refractivity contribution is -0.123. The molecule has 0 spiro atoms. The fourth-order valence-electron chi connectivity index (χ4n) is 2.39. The van der Waals surface area contributed by atoms with Crippen LogP contribution in [-0.2, 0) is 4.79 Å². The van der Waals surface area contributed by atoms with E-state index < -0.39 is 0 Å². The first-order chi connectivity index (χ1) is 13.5. The van der Waals surface area contributed by atoms with Crippen LogP contribution in [0.15, 0.2) is 80.8 Å². The van der Waals surface area contributed by atoms with Crippen molar-refractivity contribution in [2.45, 2.75) is 0 Å². The van der Waals surface area contributed by atoms with E-state index in [1.807, 2.05) is 54.6 Å². The summed E-state index contributed by atoms with van der Waals surface area (Å²) in [5, 5.41) is 13.6. The van der Waals surface area contributed by atoms with Gasteiger partial charge < -0.3 is 9.84 Å². The van der Waals surface area contributed by atoms with E-state index in [0.29, 0.717) is 20.3 Å². The molecule has 0 atom stereocenters. The first kappa shape index (κ1) is 20.1. The SMILES string of the molecule is O=C(COc1ccc(-c2ccccc2)cc1)N/N=C\c1cc(Br)c(O)c(Br)c1. The highest BCUT2D eigenvalue weighted by Gasteiger charge is 2.05. The van der Waals surface area contributed by atoms with E-state index in [0.717, 1.165) is 11.1 Å². The molecule has 0 radical (unpaired) electrons. The Hall–Kier alpha value is -2.64. The zero-order valence-corrected chi connectivity index (χ0v) is 17.8. The number of amides is 1. The fraction of sp³-hybridized carbons (Fsp3) is 0.0476. The molecule has 0 bridgehead atoms. The zero-order chi connectivity index (χ0) is 19.9. The van der Waals surface area contributed by atoms with Gasteiger partial charge in [-0.25, -0.2) is 5.43 Å². The Morgan fingerprint density at radius 2 is 1.61 bits per heavy atom. The van der Waals surface area contributed by atoms with E-state index in [-0.39, 0.29) is 18.3 Å². The minimum atomic E-state index is -0.375. The third-order valence-corrected chi connectivity index (χ3v) is 4.98. The van der Waals surface area contributed by atoms with E-state index >= 15 is 0 Å². The van der Waals surface area contributed by atoms with Crippen molar-refractivity contribution in [3.05, 3.63) is 81.2 Å². The molecular formula is C21H16Br2N2O3. The third-order valence-electron chi connectivity index (χ3n) is 3.77. The van der Waals surface area contributed by atoms with E-state index in [2.05, 4.69) is 42.4 Å². The van der Waals surface area contributed by atoms with Gasteiger partial charge in [-0.3, -0.25) is 4.79 Å². The van der Waals surface area contributed by atoms with Crippen LogP contribution < -0.4 is 10.2 Å². The van der Waals surface area contributed by atoms with Crippen LogP contribution in [0.3, 0.4) is 0 Å². The van der Waals surface area contributed by atoms with Crippen LogP contribution in [0.2, 0.25) is 0 Å². The monoisotopic (exact) mass is 502 g/mol. The minimum absolute atomic E-state index is 0.105. The van der Waals surface area contributed by atoms with E-state index in [4.69, 9.17) is 4.74 Å². The lowest BCUT2D eigenvalue weighted by Gasteiger charge is -2.07. The molecule has 3 rings (SSSR count). The maximum absolute atomic E-state index is 11.9. The van der Waals surface area contributed by atoms with Gasteiger partial charge in [0.1, 0.15) is 11.5 Å². The zero-order valence-electron chi connectivity index (χ0n) is 14.6. The van der Waals surface area contributed by atoms with Crippen molar-refractivity contribution in [2.75, 3.05) is 6.61 Å². The van der Waals surface area contributed by atoms with Crippen molar-refractivity contribution in [1.29, 1.82) is 0 Å². The van der Waals surface area contributed by atoms with E-state index in [9.17, 15) is 9.90 Å². The first-order valence-corrected chi connectivity index (χ1v) is 9.90. The molecule has 0 aromatic heterocycles. The summed E-state index contributed by atoms with van der Waals surface area (Å²) in [7, 11) is 0. The molecule has 2 N–H and O–H groups in total. The average molecular weight is 504 g/mol. The second kappa shape index (κ2) is 9.52. The second-order valence-electron chi connectivity index (χ2n) is 5.81. The maximum Gasteiger partial charge on any atom is 0.277 e. The summed E-state index contributed by atoms with van der Waals surface area (Å²) in [6.45, 7) is -0.148. The van der Waals surface area contributed by atoms with Gasteiger partial charge in [0, 0.05) is 0 Å².